The Bertz CT molecular complexity index is 678. The molecule has 1 saturated heterocycles. The van der Waals surface area contributed by atoms with Crippen LogP contribution in [0.5, 0.6) is 5.75 Å². The average Bonchev–Trinajstić information content (AvgIpc) is 3.29. The zero-order valence-corrected chi connectivity index (χ0v) is 14.1. The molecule has 2 heterocycles. The van der Waals surface area contributed by atoms with Crippen molar-refractivity contribution >= 4 is 5.91 Å². The number of amides is 1. The van der Waals surface area contributed by atoms with Crippen LogP contribution in [0.1, 0.15) is 30.3 Å². The summed E-state index contributed by atoms with van der Waals surface area (Å²) in [5, 5.41) is 4.45. The van der Waals surface area contributed by atoms with E-state index in [-0.39, 0.29) is 12.0 Å². The van der Waals surface area contributed by atoms with Gasteiger partial charge in [-0.15, -0.1) is 0 Å². The van der Waals surface area contributed by atoms with Crippen molar-refractivity contribution in [2.24, 2.45) is 0 Å². The van der Waals surface area contributed by atoms with E-state index in [0.717, 1.165) is 25.1 Å². The Morgan fingerprint density at radius 2 is 2.21 bits per heavy atom. The molecule has 1 aromatic carbocycles. The lowest BCUT2D eigenvalue weighted by molar-refractivity contribution is 0.0532. The van der Waals surface area contributed by atoms with E-state index in [9.17, 15) is 4.79 Å². The maximum Gasteiger partial charge on any atom is 0.278 e. The van der Waals surface area contributed by atoms with E-state index in [0.29, 0.717) is 24.5 Å². The predicted octanol–water partition coefficient (Wildman–Crippen LogP) is 2.52. The predicted molar refractivity (Wildman–Crippen MR) is 90.7 cm³/mol. The van der Waals surface area contributed by atoms with Crippen molar-refractivity contribution in [1.82, 2.24) is 14.7 Å². The van der Waals surface area contributed by atoms with Gasteiger partial charge in [0.2, 0.25) is 0 Å². The molecule has 1 atom stereocenters. The van der Waals surface area contributed by atoms with Crippen molar-refractivity contribution in [3.63, 3.8) is 0 Å². The summed E-state index contributed by atoms with van der Waals surface area (Å²) < 4.78 is 12.7. The normalized spacial score (nSPS) is 17.0. The average molecular weight is 329 g/mol. The van der Waals surface area contributed by atoms with Gasteiger partial charge in [-0.1, -0.05) is 18.2 Å². The van der Waals surface area contributed by atoms with Gasteiger partial charge in [-0.3, -0.25) is 4.79 Å². The van der Waals surface area contributed by atoms with Crippen LogP contribution in [-0.2, 0) is 4.74 Å². The lowest BCUT2D eigenvalue weighted by Gasteiger charge is -2.23. The van der Waals surface area contributed by atoms with Crippen molar-refractivity contribution in [3.05, 3.63) is 42.2 Å². The van der Waals surface area contributed by atoms with Crippen LogP contribution in [0.25, 0.3) is 5.69 Å². The van der Waals surface area contributed by atoms with Gasteiger partial charge in [0.25, 0.3) is 5.91 Å². The molecule has 0 bridgehead atoms. The Morgan fingerprint density at radius 3 is 2.83 bits per heavy atom. The summed E-state index contributed by atoms with van der Waals surface area (Å²) in [5.74, 6) is 0.356. The Labute approximate surface area is 142 Å². The van der Waals surface area contributed by atoms with Gasteiger partial charge in [-0.2, -0.15) is 5.10 Å². The monoisotopic (exact) mass is 329 g/mol. The fraction of sp³-hybridized carbons (Fsp3) is 0.444. The minimum atomic E-state index is -0.125. The van der Waals surface area contributed by atoms with E-state index >= 15 is 0 Å². The number of para-hydroxylation sites is 1. The van der Waals surface area contributed by atoms with Gasteiger partial charge in [-0.05, 0) is 31.9 Å². The molecule has 0 radical (unpaired) electrons. The zero-order chi connectivity index (χ0) is 16.9. The van der Waals surface area contributed by atoms with Gasteiger partial charge >= 0.3 is 0 Å². The molecule has 1 aromatic heterocycles. The van der Waals surface area contributed by atoms with Crippen LogP contribution < -0.4 is 4.74 Å². The second kappa shape index (κ2) is 7.49. The number of hydrogen-bond donors (Lipinski definition) is 0. The molecular formula is C18H23N3O3. The highest BCUT2D eigenvalue weighted by Gasteiger charge is 2.26. The van der Waals surface area contributed by atoms with Crippen LogP contribution in [0.15, 0.2) is 36.5 Å². The molecular weight excluding hydrogens is 306 g/mol. The first-order valence-electron chi connectivity index (χ1n) is 8.33. The molecule has 24 heavy (non-hydrogen) atoms. The summed E-state index contributed by atoms with van der Waals surface area (Å²) in [6, 6.07) is 9.67. The standard InChI is InChI=1S/C18H23N3O3/c1-3-20(12-15-10-7-11-24-15)18(22)17-16(23-2)13-21(19-17)14-8-5-4-6-9-14/h4-6,8-9,13,15H,3,7,10-12H2,1-2H3/t15-/m0/s1. The zero-order valence-electron chi connectivity index (χ0n) is 14.1. The van der Waals surface area contributed by atoms with Crippen LogP contribution in [0, 0.1) is 0 Å². The molecule has 1 aliphatic heterocycles. The van der Waals surface area contributed by atoms with Crippen LogP contribution >= 0.6 is 0 Å². The van der Waals surface area contributed by atoms with Crippen molar-refractivity contribution in [1.29, 1.82) is 0 Å². The number of benzene rings is 1. The van der Waals surface area contributed by atoms with Crippen molar-refractivity contribution < 1.29 is 14.3 Å². The molecule has 128 valence electrons. The van der Waals surface area contributed by atoms with Gasteiger partial charge in [-0.25, -0.2) is 4.68 Å². The van der Waals surface area contributed by atoms with Gasteiger partial charge in [0.05, 0.1) is 25.1 Å². The molecule has 0 spiro atoms. The minimum absolute atomic E-state index is 0.121. The summed E-state index contributed by atoms with van der Waals surface area (Å²) in [7, 11) is 1.56. The third-order valence-electron chi connectivity index (χ3n) is 4.24. The number of rotatable bonds is 6. The third kappa shape index (κ3) is 3.43. The lowest BCUT2D eigenvalue weighted by atomic mass is 10.2. The number of hydrogen-bond acceptors (Lipinski definition) is 4. The van der Waals surface area contributed by atoms with Crippen molar-refractivity contribution in [3.8, 4) is 11.4 Å². The molecule has 0 unspecified atom stereocenters. The number of aromatic nitrogens is 2. The highest BCUT2D eigenvalue weighted by atomic mass is 16.5. The van der Waals surface area contributed by atoms with E-state index in [1.165, 1.54) is 0 Å². The van der Waals surface area contributed by atoms with E-state index in [1.54, 1.807) is 22.9 Å². The summed E-state index contributed by atoms with van der Waals surface area (Å²) in [5.41, 5.74) is 1.22. The van der Waals surface area contributed by atoms with Crippen molar-refractivity contribution in [2.45, 2.75) is 25.9 Å². The number of carbonyl (C=O) groups is 1. The Hall–Kier alpha value is -2.34. The molecule has 0 aliphatic carbocycles. The fourth-order valence-electron chi connectivity index (χ4n) is 2.91. The largest absolute Gasteiger partial charge is 0.493 e. The van der Waals surface area contributed by atoms with Gasteiger partial charge < -0.3 is 14.4 Å². The number of methoxy groups -OCH3 is 1. The fourth-order valence-corrected chi connectivity index (χ4v) is 2.91. The summed E-state index contributed by atoms with van der Waals surface area (Å²) in [6.45, 7) is 3.95. The van der Waals surface area contributed by atoms with E-state index in [1.807, 2.05) is 37.3 Å². The van der Waals surface area contributed by atoms with Crippen LogP contribution in [0.3, 0.4) is 0 Å². The number of likely N-dealkylation sites (N-methyl/N-ethyl adjacent to an activating group) is 1. The minimum Gasteiger partial charge on any atom is -0.493 e. The molecule has 0 saturated carbocycles. The number of carbonyl (C=O) groups excluding carboxylic acids is 1. The molecule has 1 aliphatic rings. The second-order valence-electron chi connectivity index (χ2n) is 5.81. The first-order chi connectivity index (χ1) is 11.7. The topological polar surface area (TPSA) is 56.6 Å². The first-order valence-corrected chi connectivity index (χ1v) is 8.33. The first kappa shape index (κ1) is 16.5. The quantitative estimate of drug-likeness (QED) is 0.817. The smallest absolute Gasteiger partial charge is 0.278 e. The molecule has 3 rings (SSSR count). The highest BCUT2D eigenvalue weighted by molar-refractivity contribution is 5.95. The van der Waals surface area contributed by atoms with Crippen LogP contribution in [0.4, 0.5) is 0 Å². The van der Waals surface area contributed by atoms with Crippen LogP contribution in [0.2, 0.25) is 0 Å². The molecule has 1 amide bonds. The third-order valence-corrected chi connectivity index (χ3v) is 4.24. The van der Waals surface area contributed by atoms with Crippen LogP contribution in [-0.4, -0.2) is 53.5 Å². The van der Waals surface area contributed by atoms with E-state index in [2.05, 4.69) is 5.10 Å². The SMILES string of the molecule is CCN(C[C@@H]1CCCO1)C(=O)c1nn(-c2ccccc2)cc1OC. The van der Waals surface area contributed by atoms with E-state index in [4.69, 9.17) is 9.47 Å². The Kier molecular flexibility index (Phi) is 5.15. The van der Waals surface area contributed by atoms with Gasteiger partial charge in [0.1, 0.15) is 0 Å². The summed E-state index contributed by atoms with van der Waals surface area (Å²) >= 11 is 0. The number of ether oxygens (including phenoxy) is 2. The maximum absolute atomic E-state index is 12.9. The maximum atomic E-state index is 12.9. The summed E-state index contributed by atoms with van der Waals surface area (Å²) in [6.07, 6.45) is 3.92. The number of nitrogens with zero attached hydrogens (tertiary/aromatic N) is 3. The molecule has 0 N–H and O–H groups in total. The Balaban J connectivity index is 1.83. The van der Waals surface area contributed by atoms with Gasteiger partial charge in [0.15, 0.2) is 11.4 Å². The molecule has 6 heteroatoms. The Morgan fingerprint density at radius 1 is 1.42 bits per heavy atom. The molecule has 1 fully saturated rings. The van der Waals surface area contributed by atoms with E-state index < -0.39 is 0 Å². The second-order valence-corrected chi connectivity index (χ2v) is 5.81. The summed E-state index contributed by atoms with van der Waals surface area (Å²) in [4.78, 5) is 14.7. The van der Waals surface area contributed by atoms with Gasteiger partial charge in [0, 0.05) is 19.7 Å². The molecule has 6 nitrogen and oxygen atoms in total. The lowest BCUT2D eigenvalue weighted by Crippen LogP contribution is -2.37. The highest BCUT2D eigenvalue weighted by Crippen LogP contribution is 2.22. The van der Waals surface area contributed by atoms with Crippen molar-refractivity contribution in [2.75, 3.05) is 26.8 Å². The molecule has 2 aromatic rings.